The van der Waals surface area contributed by atoms with Crippen LogP contribution in [0.25, 0.3) is 11.3 Å². The summed E-state index contributed by atoms with van der Waals surface area (Å²) in [5.41, 5.74) is 2.39. The normalized spacial score (nSPS) is 10.2. The van der Waals surface area contributed by atoms with Gasteiger partial charge in [0.1, 0.15) is 5.76 Å². The summed E-state index contributed by atoms with van der Waals surface area (Å²) in [5, 5.41) is 0.894. The first-order chi connectivity index (χ1) is 6.40. The summed E-state index contributed by atoms with van der Waals surface area (Å²) in [7, 11) is 0. The van der Waals surface area contributed by atoms with Crippen LogP contribution in [0.15, 0.2) is 47.1 Å². The van der Waals surface area contributed by atoms with Gasteiger partial charge in [-0.1, -0.05) is 40.2 Å². The van der Waals surface area contributed by atoms with Crippen molar-refractivity contribution in [1.29, 1.82) is 0 Å². The van der Waals surface area contributed by atoms with E-state index in [1.165, 1.54) is 5.56 Å². The Balaban J connectivity index is 2.33. The molecule has 0 amide bonds. The third-order valence-corrected chi connectivity index (χ3v) is 2.56. The van der Waals surface area contributed by atoms with Crippen LogP contribution in [-0.4, -0.2) is 0 Å². The Labute approximate surface area is 85.5 Å². The van der Waals surface area contributed by atoms with Crippen LogP contribution in [0, 0.1) is 0 Å². The Hall–Kier alpha value is -1.02. The molecule has 0 aliphatic rings. The van der Waals surface area contributed by atoms with E-state index in [2.05, 4.69) is 40.2 Å². The van der Waals surface area contributed by atoms with Crippen molar-refractivity contribution in [3.63, 3.8) is 0 Å². The van der Waals surface area contributed by atoms with Crippen LogP contribution in [0.3, 0.4) is 0 Å². The molecule has 0 bridgehead atoms. The van der Waals surface area contributed by atoms with Crippen LogP contribution >= 0.6 is 15.9 Å². The van der Waals surface area contributed by atoms with Gasteiger partial charge in [0.2, 0.25) is 0 Å². The maximum absolute atomic E-state index is 5.28. The summed E-state index contributed by atoms with van der Waals surface area (Å²) in [4.78, 5) is 0. The fraction of sp³-hybridized carbons (Fsp3) is 0.0909. The Kier molecular flexibility index (Phi) is 2.50. The van der Waals surface area contributed by atoms with Crippen molar-refractivity contribution in [1.82, 2.24) is 0 Å². The predicted octanol–water partition coefficient (Wildman–Crippen LogP) is 3.84. The van der Waals surface area contributed by atoms with E-state index in [1.807, 2.05) is 12.1 Å². The predicted molar refractivity (Wildman–Crippen MR) is 56.8 cm³/mol. The van der Waals surface area contributed by atoms with Crippen LogP contribution in [0.2, 0.25) is 0 Å². The molecule has 1 aromatic heterocycles. The molecule has 0 aliphatic carbocycles. The molecule has 0 saturated carbocycles. The third-order valence-electron chi connectivity index (χ3n) is 1.91. The van der Waals surface area contributed by atoms with Gasteiger partial charge in [-0.15, -0.1) is 0 Å². The van der Waals surface area contributed by atoms with Gasteiger partial charge in [0, 0.05) is 10.9 Å². The first-order valence-electron chi connectivity index (χ1n) is 4.09. The summed E-state index contributed by atoms with van der Waals surface area (Å²) in [6.45, 7) is 0. The Bertz CT molecular complexity index is 361. The van der Waals surface area contributed by atoms with Crippen molar-refractivity contribution in [2.24, 2.45) is 0 Å². The number of benzene rings is 1. The molecule has 2 aromatic rings. The van der Waals surface area contributed by atoms with E-state index in [4.69, 9.17) is 4.42 Å². The number of halogens is 1. The fourth-order valence-corrected chi connectivity index (χ4v) is 1.57. The molecule has 0 saturated heterocycles. The van der Waals surface area contributed by atoms with E-state index in [9.17, 15) is 0 Å². The number of hydrogen-bond donors (Lipinski definition) is 0. The Morgan fingerprint density at radius 2 is 1.85 bits per heavy atom. The molecule has 0 aliphatic heterocycles. The first-order valence-corrected chi connectivity index (χ1v) is 5.21. The zero-order chi connectivity index (χ0) is 9.10. The largest absolute Gasteiger partial charge is 0.464 e. The van der Waals surface area contributed by atoms with Crippen molar-refractivity contribution in [2.75, 3.05) is 0 Å². The monoisotopic (exact) mass is 236 g/mol. The lowest BCUT2D eigenvalue weighted by Gasteiger charge is -1.97. The Morgan fingerprint density at radius 1 is 1.08 bits per heavy atom. The molecule has 1 nitrogen and oxygen atoms in total. The molecule has 2 rings (SSSR count). The molecule has 0 N–H and O–H groups in total. The van der Waals surface area contributed by atoms with Gasteiger partial charge in [-0.2, -0.15) is 0 Å². The van der Waals surface area contributed by atoms with Gasteiger partial charge in [0.25, 0.3) is 0 Å². The summed E-state index contributed by atoms with van der Waals surface area (Å²) >= 11 is 3.41. The van der Waals surface area contributed by atoms with Gasteiger partial charge in [0.05, 0.1) is 6.26 Å². The maximum atomic E-state index is 5.28. The molecule has 0 radical (unpaired) electrons. The van der Waals surface area contributed by atoms with Crippen molar-refractivity contribution in [3.8, 4) is 11.3 Å². The van der Waals surface area contributed by atoms with Crippen LogP contribution in [0.4, 0.5) is 0 Å². The van der Waals surface area contributed by atoms with Crippen LogP contribution in [0.1, 0.15) is 5.56 Å². The highest BCUT2D eigenvalue weighted by Gasteiger charge is 1.98. The molecule has 0 atom stereocenters. The second kappa shape index (κ2) is 3.79. The van der Waals surface area contributed by atoms with E-state index in [1.54, 1.807) is 6.26 Å². The van der Waals surface area contributed by atoms with E-state index in [0.717, 1.165) is 16.7 Å². The summed E-state index contributed by atoms with van der Waals surface area (Å²) in [6.07, 6.45) is 1.69. The smallest absolute Gasteiger partial charge is 0.133 e. The second-order valence-corrected chi connectivity index (χ2v) is 3.37. The molecule has 0 unspecified atom stereocenters. The summed E-state index contributed by atoms with van der Waals surface area (Å²) < 4.78 is 5.28. The van der Waals surface area contributed by atoms with Gasteiger partial charge in [-0.3, -0.25) is 0 Å². The topological polar surface area (TPSA) is 13.1 Å². The lowest BCUT2D eigenvalue weighted by atomic mass is 10.1. The van der Waals surface area contributed by atoms with Gasteiger partial charge < -0.3 is 4.42 Å². The minimum Gasteiger partial charge on any atom is -0.464 e. The number of rotatable bonds is 2. The minimum absolute atomic E-state index is 0.894. The molecule has 66 valence electrons. The lowest BCUT2D eigenvalue weighted by Crippen LogP contribution is -1.77. The summed E-state index contributed by atoms with van der Waals surface area (Å²) in [6, 6.07) is 12.2. The van der Waals surface area contributed by atoms with Crippen molar-refractivity contribution in [2.45, 2.75) is 5.33 Å². The van der Waals surface area contributed by atoms with Gasteiger partial charge in [-0.25, -0.2) is 0 Å². The lowest BCUT2D eigenvalue weighted by molar-refractivity contribution is 0.582. The zero-order valence-electron chi connectivity index (χ0n) is 7.03. The fourth-order valence-electron chi connectivity index (χ4n) is 1.20. The molecular weight excluding hydrogens is 228 g/mol. The molecule has 13 heavy (non-hydrogen) atoms. The average molecular weight is 237 g/mol. The van der Waals surface area contributed by atoms with E-state index < -0.39 is 0 Å². The van der Waals surface area contributed by atoms with Crippen LogP contribution in [-0.2, 0) is 5.33 Å². The highest BCUT2D eigenvalue weighted by Crippen LogP contribution is 2.20. The molecule has 2 heteroatoms. The third kappa shape index (κ3) is 1.83. The van der Waals surface area contributed by atoms with E-state index in [-0.39, 0.29) is 0 Å². The highest BCUT2D eigenvalue weighted by molar-refractivity contribution is 9.08. The van der Waals surface area contributed by atoms with Crippen LogP contribution in [0.5, 0.6) is 0 Å². The molecule has 0 fully saturated rings. The average Bonchev–Trinajstić information content (AvgIpc) is 2.71. The number of furan rings is 1. The second-order valence-electron chi connectivity index (χ2n) is 2.81. The zero-order valence-corrected chi connectivity index (χ0v) is 8.62. The van der Waals surface area contributed by atoms with Crippen molar-refractivity contribution in [3.05, 3.63) is 48.2 Å². The molecule has 1 aromatic carbocycles. The molecule has 0 spiro atoms. The standard InChI is InChI=1S/C11H9BrO/c12-8-9-3-5-10(6-4-9)11-2-1-7-13-11/h1-7H,8H2. The van der Waals surface area contributed by atoms with Crippen LogP contribution < -0.4 is 0 Å². The molecule has 1 heterocycles. The quantitative estimate of drug-likeness (QED) is 0.723. The summed E-state index contributed by atoms with van der Waals surface area (Å²) in [5.74, 6) is 0.918. The van der Waals surface area contributed by atoms with Gasteiger partial charge in [0.15, 0.2) is 0 Å². The number of hydrogen-bond acceptors (Lipinski definition) is 1. The van der Waals surface area contributed by atoms with Crippen molar-refractivity contribution < 1.29 is 4.42 Å². The SMILES string of the molecule is BrCc1ccc(-c2ccco2)cc1. The first kappa shape index (κ1) is 8.57. The van der Waals surface area contributed by atoms with Gasteiger partial charge >= 0.3 is 0 Å². The molecular formula is C11H9BrO. The minimum atomic E-state index is 0.894. The van der Waals surface area contributed by atoms with E-state index in [0.29, 0.717) is 0 Å². The van der Waals surface area contributed by atoms with Gasteiger partial charge in [-0.05, 0) is 17.7 Å². The maximum Gasteiger partial charge on any atom is 0.133 e. The Morgan fingerprint density at radius 3 is 2.38 bits per heavy atom. The van der Waals surface area contributed by atoms with E-state index >= 15 is 0 Å². The number of alkyl halides is 1. The van der Waals surface area contributed by atoms with Crippen molar-refractivity contribution >= 4 is 15.9 Å². The highest BCUT2D eigenvalue weighted by atomic mass is 79.9.